The molecule has 0 atom stereocenters. The van der Waals surface area contributed by atoms with Crippen LogP contribution in [0.3, 0.4) is 0 Å². The van der Waals surface area contributed by atoms with Gasteiger partial charge in [-0.15, -0.1) is 0 Å². The standard InChI is InChI=1S/C31H31N5O4/c1-5-10-26-33-25(6-2)28(39-27-16-19(3)15-20(4)32-27)30(37)36(26)18-21-13-14-23(22-11-8-7-9-12-22)24(17-21)29-34-31(38)40-35-29/h7-9,11-17H,5-6,10,18H2,1-4H3,(H,34,35,38). The van der Waals surface area contributed by atoms with E-state index < -0.39 is 5.76 Å². The maximum atomic E-state index is 14.0. The molecule has 1 N–H and O–H groups in total. The smallest absolute Gasteiger partial charge is 0.431 e. The van der Waals surface area contributed by atoms with Gasteiger partial charge in [0, 0.05) is 23.7 Å². The molecule has 3 heterocycles. The second kappa shape index (κ2) is 11.5. The highest BCUT2D eigenvalue weighted by Crippen LogP contribution is 2.31. The van der Waals surface area contributed by atoms with Crippen molar-refractivity contribution in [2.45, 2.75) is 53.5 Å². The van der Waals surface area contributed by atoms with Crippen molar-refractivity contribution in [2.75, 3.05) is 0 Å². The molecule has 0 fully saturated rings. The van der Waals surface area contributed by atoms with Gasteiger partial charge in [-0.2, -0.15) is 0 Å². The molecule has 204 valence electrons. The highest BCUT2D eigenvalue weighted by Gasteiger charge is 2.20. The second-order valence-electron chi connectivity index (χ2n) is 9.71. The molecule has 0 radical (unpaired) electrons. The molecular weight excluding hydrogens is 506 g/mol. The fraction of sp³-hybridized carbons (Fsp3) is 0.258. The van der Waals surface area contributed by atoms with Crippen LogP contribution < -0.4 is 16.1 Å². The lowest BCUT2D eigenvalue weighted by molar-refractivity contribution is 0.388. The van der Waals surface area contributed by atoms with Gasteiger partial charge in [0.05, 0.1) is 12.2 Å². The SMILES string of the molecule is CCCc1nc(CC)c(Oc2cc(C)cc(C)n2)c(=O)n1Cc1ccc(-c2ccccc2)c(-c2noc(=O)[nH]2)c1. The Kier molecular flexibility index (Phi) is 7.72. The molecule has 9 nitrogen and oxygen atoms in total. The number of hydrogen-bond donors (Lipinski definition) is 1. The van der Waals surface area contributed by atoms with Crippen LogP contribution in [0.25, 0.3) is 22.5 Å². The summed E-state index contributed by atoms with van der Waals surface area (Å²) >= 11 is 0. The van der Waals surface area contributed by atoms with Crippen molar-refractivity contribution < 1.29 is 9.26 Å². The van der Waals surface area contributed by atoms with E-state index in [1.165, 1.54) is 0 Å². The summed E-state index contributed by atoms with van der Waals surface area (Å²) in [5.41, 5.74) is 5.50. The zero-order valence-electron chi connectivity index (χ0n) is 23.0. The van der Waals surface area contributed by atoms with Gasteiger partial charge >= 0.3 is 5.76 Å². The molecule has 0 aliphatic rings. The van der Waals surface area contributed by atoms with E-state index in [9.17, 15) is 9.59 Å². The second-order valence-corrected chi connectivity index (χ2v) is 9.71. The fourth-order valence-electron chi connectivity index (χ4n) is 4.79. The lowest BCUT2D eigenvalue weighted by Crippen LogP contribution is -2.28. The van der Waals surface area contributed by atoms with Gasteiger partial charge in [-0.25, -0.2) is 14.8 Å². The summed E-state index contributed by atoms with van der Waals surface area (Å²) < 4.78 is 12.6. The third-order valence-electron chi connectivity index (χ3n) is 6.57. The summed E-state index contributed by atoms with van der Waals surface area (Å²) in [7, 11) is 0. The molecule has 0 spiro atoms. The highest BCUT2D eigenvalue weighted by atomic mass is 16.5. The largest absolute Gasteiger partial charge is 0.439 e. The van der Waals surface area contributed by atoms with E-state index in [-0.39, 0.29) is 17.9 Å². The molecule has 0 bridgehead atoms. The van der Waals surface area contributed by atoms with E-state index in [0.717, 1.165) is 34.4 Å². The number of benzene rings is 2. The Morgan fingerprint density at radius 1 is 0.950 bits per heavy atom. The van der Waals surface area contributed by atoms with Crippen molar-refractivity contribution in [3.63, 3.8) is 0 Å². The molecule has 0 amide bonds. The molecule has 0 saturated heterocycles. The summed E-state index contributed by atoms with van der Waals surface area (Å²) in [4.78, 5) is 37.7. The first-order chi connectivity index (χ1) is 19.4. The number of hydrogen-bond acceptors (Lipinski definition) is 7. The molecule has 5 rings (SSSR count). The van der Waals surface area contributed by atoms with Gasteiger partial charge in [-0.05, 0) is 61.1 Å². The Hall–Kier alpha value is -4.79. The van der Waals surface area contributed by atoms with Crippen LogP contribution in [0.2, 0.25) is 0 Å². The average molecular weight is 538 g/mol. The highest BCUT2D eigenvalue weighted by molar-refractivity contribution is 5.80. The predicted octanol–water partition coefficient (Wildman–Crippen LogP) is 5.62. The van der Waals surface area contributed by atoms with E-state index in [2.05, 4.69) is 22.0 Å². The third kappa shape index (κ3) is 5.63. The van der Waals surface area contributed by atoms with E-state index in [1.807, 2.05) is 81.4 Å². The Morgan fingerprint density at radius 2 is 1.75 bits per heavy atom. The van der Waals surface area contributed by atoms with E-state index in [0.29, 0.717) is 41.6 Å². The molecular formula is C31H31N5O4. The van der Waals surface area contributed by atoms with Gasteiger partial charge in [-0.3, -0.25) is 18.9 Å². The molecule has 2 aromatic carbocycles. The zero-order valence-corrected chi connectivity index (χ0v) is 23.0. The van der Waals surface area contributed by atoms with Gasteiger partial charge in [-0.1, -0.05) is 61.5 Å². The number of H-pyrrole nitrogens is 1. The van der Waals surface area contributed by atoms with Gasteiger partial charge < -0.3 is 4.74 Å². The minimum absolute atomic E-state index is 0.182. The fourth-order valence-corrected chi connectivity index (χ4v) is 4.79. The van der Waals surface area contributed by atoms with E-state index in [4.69, 9.17) is 14.2 Å². The molecule has 9 heteroatoms. The van der Waals surface area contributed by atoms with Crippen LogP contribution in [0.15, 0.2) is 74.8 Å². The van der Waals surface area contributed by atoms with Gasteiger partial charge in [0.2, 0.25) is 11.6 Å². The van der Waals surface area contributed by atoms with Gasteiger partial charge in [0.1, 0.15) is 5.82 Å². The van der Waals surface area contributed by atoms with Gasteiger partial charge in [0.15, 0.2) is 5.82 Å². The molecule has 0 unspecified atom stereocenters. The van der Waals surface area contributed by atoms with E-state index in [1.54, 1.807) is 4.57 Å². The number of aryl methyl sites for hydroxylation is 4. The summed E-state index contributed by atoms with van der Waals surface area (Å²) in [6.07, 6.45) is 2.01. The third-order valence-corrected chi connectivity index (χ3v) is 6.57. The average Bonchev–Trinajstić information content (AvgIpc) is 3.38. The maximum Gasteiger partial charge on any atom is 0.439 e. The Morgan fingerprint density at radius 3 is 2.42 bits per heavy atom. The molecule has 0 saturated carbocycles. The number of rotatable bonds is 9. The van der Waals surface area contributed by atoms with Crippen molar-refractivity contribution in [2.24, 2.45) is 0 Å². The number of aromatic amines is 1. The number of nitrogens with one attached hydrogen (secondary N) is 1. The Labute approximate surface area is 231 Å². The first-order valence-corrected chi connectivity index (χ1v) is 13.4. The van der Waals surface area contributed by atoms with Crippen molar-refractivity contribution >= 4 is 0 Å². The topological polar surface area (TPSA) is 116 Å². The molecule has 3 aromatic heterocycles. The van der Waals surface area contributed by atoms with Crippen LogP contribution >= 0.6 is 0 Å². The van der Waals surface area contributed by atoms with Crippen LogP contribution in [-0.2, 0) is 19.4 Å². The molecule has 40 heavy (non-hydrogen) atoms. The summed E-state index contributed by atoms with van der Waals surface area (Å²) in [6, 6.07) is 19.4. The van der Waals surface area contributed by atoms with Crippen molar-refractivity contribution in [3.8, 4) is 34.1 Å². The van der Waals surface area contributed by atoms with Crippen molar-refractivity contribution in [1.29, 1.82) is 0 Å². The monoisotopic (exact) mass is 537 g/mol. The predicted molar refractivity (Wildman–Crippen MR) is 153 cm³/mol. The molecule has 0 aliphatic heterocycles. The Balaban J connectivity index is 1.62. The number of nitrogens with zero attached hydrogens (tertiary/aromatic N) is 4. The minimum Gasteiger partial charge on any atom is -0.431 e. The van der Waals surface area contributed by atoms with Crippen molar-refractivity contribution in [3.05, 3.63) is 110 Å². The number of aromatic nitrogens is 5. The number of pyridine rings is 1. The summed E-state index contributed by atoms with van der Waals surface area (Å²) in [5.74, 6) is 0.916. The first-order valence-electron chi connectivity index (χ1n) is 13.4. The van der Waals surface area contributed by atoms with Crippen LogP contribution in [0.5, 0.6) is 11.6 Å². The summed E-state index contributed by atoms with van der Waals surface area (Å²) in [6.45, 7) is 8.12. The van der Waals surface area contributed by atoms with Gasteiger partial charge in [0.25, 0.3) is 5.56 Å². The van der Waals surface area contributed by atoms with Crippen LogP contribution in [0.1, 0.15) is 48.6 Å². The first kappa shape index (κ1) is 26.8. The Bertz CT molecular complexity index is 1750. The lowest BCUT2D eigenvalue weighted by Gasteiger charge is -2.18. The van der Waals surface area contributed by atoms with Crippen LogP contribution in [0, 0.1) is 13.8 Å². The lowest BCUT2D eigenvalue weighted by atomic mass is 9.97. The van der Waals surface area contributed by atoms with Crippen molar-refractivity contribution in [1.82, 2.24) is 24.7 Å². The quantitative estimate of drug-likeness (QED) is 0.259. The maximum absolute atomic E-state index is 14.0. The van der Waals surface area contributed by atoms with E-state index >= 15 is 0 Å². The zero-order chi connectivity index (χ0) is 28.2. The summed E-state index contributed by atoms with van der Waals surface area (Å²) in [5, 5.41) is 3.93. The normalized spacial score (nSPS) is 11.1. The molecule has 5 aromatic rings. The molecule has 0 aliphatic carbocycles. The minimum atomic E-state index is -0.637. The number of ether oxygens (including phenoxy) is 1. The van der Waals surface area contributed by atoms with Crippen LogP contribution in [-0.4, -0.2) is 24.7 Å². The van der Waals surface area contributed by atoms with Crippen LogP contribution in [0.4, 0.5) is 0 Å².